The molecular weight excluding hydrogens is 250 g/mol. The molecule has 1 aliphatic heterocycles. The molecule has 0 bridgehead atoms. The Bertz CT molecular complexity index is 314. The van der Waals surface area contributed by atoms with Crippen LogP contribution in [0.5, 0.6) is 0 Å². The first-order chi connectivity index (χ1) is 7.74. The lowest BCUT2D eigenvalue weighted by Gasteiger charge is -2.22. The maximum absolute atomic E-state index is 11.6. The maximum atomic E-state index is 11.6. The van der Waals surface area contributed by atoms with Gasteiger partial charge in [-0.05, 0) is 20.8 Å². The van der Waals surface area contributed by atoms with Crippen LogP contribution in [0.3, 0.4) is 0 Å². The summed E-state index contributed by atoms with van der Waals surface area (Å²) < 4.78 is 9.84. The van der Waals surface area contributed by atoms with Gasteiger partial charge in [-0.2, -0.15) is 0 Å². The van der Waals surface area contributed by atoms with Gasteiger partial charge in [0.25, 0.3) is 0 Å². The summed E-state index contributed by atoms with van der Waals surface area (Å²) in [5.41, 5.74) is -0.694. The number of hydrogen-bond donors (Lipinski definition) is 1. The molecule has 17 heavy (non-hydrogen) atoms. The van der Waals surface area contributed by atoms with Crippen LogP contribution < -0.4 is 0 Å². The van der Waals surface area contributed by atoms with E-state index in [0.29, 0.717) is 0 Å². The molecule has 0 aromatic heterocycles. The molecule has 2 amide bonds. The van der Waals surface area contributed by atoms with Crippen molar-refractivity contribution in [2.75, 3.05) is 12.4 Å². The molecule has 0 unspecified atom stereocenters. The summed E-state index contributed by atoms with van der Waals surface area (Å²) in [5, 5.41) is 9.42. The molecule has 0 aromatic carbocycles. The minimum atomic E-state index is -0.993. The van der Waals surface area contributed by atoms with Crippen LogP contribution in [0.1, 0.15) is 20.8 Å². The fourth-order valence-electron chi connectivity index (χ4n) is 1.25. The monoisotopic (exact) mass is 265 g/mol. The summed E-state index contributed by atoms with van der Waals surface area (Å²) >= 11 is 5.44. The molecule has 2 atom stereocenters. The number of halogens is 1. The quantitative estimate of drug-likeness (QED) is 0.763. The third kappa shape index (κ3) is 3.74. The van der Waals surface area contributed by atoms with Crippen LogP contribution >= 0.6 is 11.6 Å². The lowest BCUT2D eigenvalue weighted by molar-refractivity contribution is 0.0339. The lowest BCUT2D eigenvalue weighted by Crippen LogP contribution is -2.39. The number of aliphatic hydroxyl groups is 1. The van der Waals surface area contributed by atoms with Crippen molar-refractivity contribution >= 4 is 23.8 Å². The van der Waals surface area contributed by atoms with Gasteiger partial charge in [0.1, 0.15) is 17.8 Å². The SMILES string of the molecule is CC(C)(C)OC(=O)N1C[C@H]([C@H](O)CCl)OC1=O. The highest BCUT2D eigenvalue weighted by atomic mass is 35.5. The molecule has 1 rings (SSSR count). The van der Waals surface area contributed by atoms with Crippen LogP contribution in [0.25, 0.3) is 0 Å². The number of ether oxygens (including phenoxy) is 2. The second kappa shape index (κ2) is 5.10. The normalized spacial score (nSPS) is 22.3. The van der Waals surface area contributed by atoms with Gasteiger partial charge in [-0.25, -0.2) is 14.5 Å². The number of imide groups is 1. The molecule has 1 N–H and O–H groups in total. The van der Waals surface area contributed by atoms with Crippen molar-refractivity contribution in [3.05, 3.63) is 0 Å². The first-order valence-electron chi connectivity index (χ1n) is 5.20. The van der Waals surface area contributed by atoms with Crippen molar-refractivity contribution < 1.29 is 24.2 Å². The van der Waals surface area contributed by atoms with Crippen LogP contribution in [0.15, 0.2) is 0 Å². The first kappa shape index (κ1) is 14.1. The van der Waals surface area contributed by atoms with E-state index in [1.165, 1.54) is 0 Å². The Morgan fingerprint density at radius 2 is 2.29 bits per heavy atom. The van der Waals surface area contributed by atoms with E-state index in [2.05, 4.69) is 0 Å². The van der Waals surface area contributed by atoms with Crippen LogP contribution in [0.2, 0.25) is 0 Å². The Labute approximate surface area is 104 Å². The van der Waals surface area contributed by atoms with Gasteiger partial charge in [0, 0.05) is 0 Å². The van der Waals surface area contributed by atoms with Gasteiger partial charge in [-0.3, -0.25) is 0 Å². The molecule has 0 aromatic rings. The molecule has 1 aliphatic rings. The largest absolute Gasteiger partial charge is 0.443 e. The van der Waals surface area contributed by atoms with Gasteiger partial charge in [-0.15, -0.1) is 11.6 Å². The van der Waals surface area contributed by atoms with Crippen LogP contribution in [0.4, 0.5) is 9.59 Å². The number of carbonyl (C=O) groups is 2. The zero-order valence-electron chi connectivity index (χ0n) is 9.97. The lowest BCUT2D eigenvalue weighted by atomic mass is 10.2. The predicted octanol–water partition coefficient (Wildman–Crippen LogP) is 1.34. The standard InChI is InChI=1S/C10H16ClNO5/c1-10(2,3)17-9(15)12-5-7(6(13)4-11)16-8(12)14/h6-7,13H,4-5H2,1-3H3/t6-,7-/m1/s1. The second-order valence-corrected chi connectivity index (χ2v) is 5.04. The summed E-state index contributed by atoms with van der Waals surface area (Å²) in [4.78, 5) is 23.8. The number of amides is 2. The van der Waals surface area contributed by atoms with E-state index in [4.69, 9.17) is 21.1 Å². The summed E-state index contributed by atoms with van der Waals surface area (Å²) in [5.74, 6) is -0.0693. The van der Waals surface area contributed by atoms with E-state index in [9.17, 15) is 14.7 Å². The topological polar surface area (TPSA) is 76.1 Å². The summed E-state index contributed by atoms with van der Waals surface area (Å²) in [6, 6.07) is 0. The van der Waals surface area contributed by atoms with Crippen LogP contribution in [-0.2, 0) is 9.47 Å². The average Bonchev–Trinajstić information content (AvgIpc) is 2.56. The Hall–Kier alpha value is -1.01. The first-order valence-corrected chi connectivity index (χ1v) is 5.73. The number of rotatable bonds is 2. The summed E-state index contributed by atoms with van der Waals surface area (Å²) in [7, 11) is 0. The van der Waals surface area contributed by atoms with Crippen molar-refractivity contribution in [3.63, 3.8) is 0 Å². The fourth-order valence-corrected chi connectivity index (χ4v) is 1.45. The van der Waals surface area contributed by atoms with E-state index in [1.807, 2.05) is 0 Å². The third-order valence-electron chi connectivity index (χ3n) is 2.04. The second-order valence-electron chi connectivity index (χ2n) is 4.73. The van der Waals surface area contributed by atoms with Gasteiger partial charge >= 0.3 is 12.2 Å². The third-order valence-corrected chi connectivity index (χ3v) is 2.35. The summed E-state index contributed by atoms with van der Waals surface area (Å²) in [6.45, 7) is 5.02. The van der Waals surface area contributed by atoms with Gasteiger partial charge < -0.3 is 14.6 Å². The average molecular weight is 266 g/mol. The highest BCUT2D eigenvalue weighted by molar-refractivity contribution is 6.18. The molecule has 0 radical (unpaired) electrons. The van der Waals surface area contributed by atoms with Gasteiger partial charge in [0.15, 0.2) is 0 Å². The molecule has 1 heterocycles. The van der Waals surface area contributed by atoms with Crippen molar-refractivity contribution in [2.45, 2.75) is 38.6 Å². The number of aliphatic hydroxyl groups excluding tert-OH is 1. The van der Waals surface area contributed by atoms with Crippen LogP contribution in [0, 0.1) is 0 Å². The number of nitrogens with zero attached hydrogens (tertiary/aromatic N) is 1. The fraction of sp³-hybridized carbons (Fsp3) is 0.800. The molecule has 7 heteroatoms. The van der Waals surface area contributed by atoms with Gasteiger partial charge in [0.2, 0.25) is 0 Å². The maximum Gasteiger partial charge on any atom is 0.419 e. The van der Waals surface area contributed by atoms with E-state index in [1.54, 1.807) is 20.8 Å². The van der Waals surface area contributed by atoms with Crippen molar-refractivity contribution in [1.82, 2.24) is 4.90 Å². The van der Waals surface area contributed by atoms with Gasteiger partial charge in [-0.1, -0.05) is 0 Å². The van der Waals surface area contributed by atoms with Gasteiger partial charge in [0.05, 0.1) is 12.4 Å². The molecule has 0 spiro atoms. The highest BCUT2D eigenvalue weighted by Gasteiger charge is 2.41. The van der Waals surface area contributed by atoms with E-state index < -0.39 is 30.0 Å². The minimum Gasteiger partial charge on any atom is -0.443 e. The molecule has 0 saturated carbocycles. The van der Waals surface area contributed by atoms with Crippen molar-refractivity contribution in [2.24, 2.45) is 0 Å². The van der Waals surface area contributed by atoms with Crippen molar-refractivity contribution in [1.29, 1.82) is 0 Å². The number of cyclic esters (lactones) is 1. The molecule has 98 valence electrons. The molecule has 1 saturated heterocycles. The van der Waals surface area contributed by atoms with E-state index in [-0.39, 0.29) is 12.4 Å². The Morgan fingerprint density at radius 1 is 1.71 bits per heavy atom. The molecule has 0 aliphatic carbocycles. The van der Waals surface area contributed by atoms with E-state index in [0.717, 1.165) is 4.90 Å². The Morgan fingerprint density at radius 3 is 2.76 bits per heavy atom. The van der Waals surface area contributed by atoms with Crippen LogP contribution in [-0.4, -0.2) is 52.4 Å². The number of hydrogen-bond acceptors (Lipinski definition) is 5. The highest BCUT2D eigenvalue weighted by Crippen LogP contribution is 2.18. The number of carbonyl (C=O) groups excluding carboxylic acids is 2. The Kier molecular flexibility index (Phi) is 4.21. The van der Waals surface area contributed by atoms with Crippen molar-refractivity contribution in [3.8, 4) is 0 Å². The molecular formula is C10H16ClNO5. The molecule has 6 nitrogen and oxygen atoms in total. The summed E-state index contributed by atoms with van der Waals surface area (Å²) in [6.07, 6.45) is -3.40. The molecule has 1 fully saturated rings. The minimum absolute atomic E-state index is 0.0539. The van der Waals surface area contributed by atoms with E-state index >= 15 is 0 Å². The number of alkyl halides is 1. The smallest absolute Gasteiger partial charge is 0.419 e. The zero-order chi connectivity index (χ0) is 13.2. The Balaban J connectivity index is 2.62. The zero-order valence-corrected chi connectivity index (χ0v) is 10.7. The predicted molar refractivity (Wildman–Crippen MR) is 59.9 cm³/mol.